The zero-order valence-corrected chi connectivity index (χ0v) is 13.7. The number of benzene rings is 1. The maximum Gasteiger partial charge on any atom is 0.347 e. The minimum atomic E-state index is -0.560. The summed E-state index contributed by atoms with van der Waals surface area (Å²) in [5, 5.41) is 1.25. The number of hydrogen-bond donors (Lipinski definition) is 0. The monoisotopic (exact) mass is 312 g/mol. The summed E-state index contributed by atoms with van der Waals surface area (Å²) < 4.78 is 10.9. The maximum absolute atomic E-state index is 12.6. The van der Waals surface area contributed by atoms with Gasteiger partial charge in [-0.05, 0) is 35.8 Å². The highest BCUT2D eigenvalue weighted by atomic mass is 16.5. The van der Waals surface area contributed by atoms with Crippen LogP contribution in [0.4, 0.5) is 0 Å². The third-order valence-electron chi connectivity index (χ3n) is 5.34. The molecule has 4 nitrogen and oxygen atoms in total. The fourth-order valence-electron chi connectivity index (χ4n) is 4.11. The smallest absolute Gasteiger partial charge is 0.347 e. The Balaban J connectivity index is 2.21. The molecule has 1 aliphatic carbocycles. The Morgan fingerprint density at radius 2 is 1.96 bits per heavy atom. The van der Waals surface area contributed by atoms with Gasteiger partial charge in [-0.25, -0.2) is 9.59 Å². The Morgan fingerprint density at radius 3 is 2.74 bits per heavy atom. The first-order chi connectivity index (χ1) is 10.9. The van der Waals surface area contributed by atoms with Crippen molar-refractivity contribution in [1.82, 2.24) is 0 Å². The zero-order valence-electron chi connectivity index (χ0n) is 13.7. The van der Waals surface area contributed by atoms with Crippen LogP contribution in [0.2, 0.25) is 0 Å². The van der Waals surface area contributed by atoms with E-state index in [1.165, 1.54) is 5.56 Å². The van der Waals surface area contributed by atoms with Crippen LogP contribution in [0.1, 0.15) is 56.2 Å². The van der Waals surface area contributed by atoms with Gasteiger partial charge in [0, 0.05) is 11.3 Å². The standard InChI is InChI=1S/C19H20O4/c1-10-9-22-16-12-6-7-13-11(5-4-8-19(13,2)3)15(12)18(21)23-17(20)14(10)16/h6-7,10H,4-5,8-9H2,1-3H3. The van der Waals surface area contributed by atoms with Crippen LogP contribution in [0.5, 0.6) is 5.75 Å². The molecule has 1 unspecified atom stereocenters. The zero-order chi connectivity index (χ0) is 16.4. The van der Waals surface area contributed by atoms with E-state index in [2.05, 4.69) is 19.9 Å². The summed E-state index contributed by atoms with van der Waals surface area (Å²) in [5.74, 6) is 0.484. The molecule has 0 radical (unpaired) electrons. The molecule has 0 bridgehead atoms. The first-order valence-electron chi connectivity index (χ1n) is 8.20. The second-order valence-electron chi connectivity index (χ2n) is 7.38. The molecule has 1 aliphatic heterocycles. The molecule has 0 saturated carbocycles. The molecule has 1 aromatic carbocycles. The maximum atomic E-state index is 12.6. The van der Waals surface area contributed by atoms with Crippen molar-refractivity contribution in [3.63, 3.8) is 0 Å². The number of hydrogen-bond acceptors (Lipinski definition) is 4. The minimum Gasteiger partial charge on any atom is -0.492 e. The Hall–Kier alpha value is -2.10. The summed E-state index contributed by atoms with van der Waals surface area (Å²) in [6.45, 7) is 6.77. The SMILES string of the molecule is CC1COc2c1c(=O)oc(=O)c1c3c(ccc21)C(C)(C)CCC3. The van der Waals surface area contributed by atoms with Gasteiger partial charge in [0.2, 0.25) is 0 Å². The van der Waals surface area contributed by atoms with Gasteiger partial charge in [0.15, 0.2) is 0 Å². The fraction of sp³-hybridized carbons (Fsp3) is 0.474. The Bertz CT molecular complexity index is 937. The molecule has 2 heterocycles. The van der Waals surface area contributed by atoms with Crippen LogP contribution in [0.3, 0.4) is 0 Å². The Labute approximate surface area is 134 Å². The van der Waals surface area contributed by atoms with Crippen LogP contribution >= 0.6 is 0 Å². The van der Waals surface area contributed by atoms with Gasteiger partial charge < -0.3 is 9.15 Å². The topological polar surface area (TPSA) is 56.5 Å². The molecule has 1 aromatic heterocycles. The van der Waals surface area contributed by atoms with Crippen molar-refractivity contribution in [2.24, 2.45) is 0 Å². The fourth-order valence-corrected chi connectivity index (χ4v) is 4.11. The van der Waals surface area contributed by atoms with E-state index in [0.717, 1.165) is 30.2 Å². The quantitative estimate of drug-likeness (QED) is 0.749. The summed E-state index contributed by atoms with van der Waals surface area (Å²) in [4.78, 5) is 24.9. The average molecular weight is 312 g/mol. The van der Waals surface area contributed by atoms with Crippen LogP contribution in [0.15, 0.2) is 26.1 Å². The van der Waals surface area contributed by atoms with Crippen LogP contribution in [-0.4, -0.2) is 6.61 Å². The number of aryl methyl sites for hydroxylation is 1. The lowest BCUT2D eigenvalue weighted by atomic mass is 9.72. The highest BCUT2D eigenvalue weighted by Gasteiger charge is 2.32. The summed E-state index contributed by atoms with van der Waals surface area (Å²) in [7, 11) is 0. The van der Waals surface area contributed by atoms with Crippen molar-refractivity contribution in [3.05, 3.63) is 49.7 Å². The lowest BCUT2D eigenvalue weighted by Gasteiger charge is -2.32. The van der Waals surface area contributed by atoms with Crippen molar-refractivity contribution < 1.29 is 9.15 Å². The van der Waals surface area contributed by atoms with E-state index in [0.29, 0.717) is 23.3 Å². The number of ether oxygens (including phenoxy) is 1. The van der Waals surface area contributed by atoms with Gasteiger partial charge in [0.25, 0.3) is 0 Å². The molecule has 4 heteroatoms. The summed E-state index contributed by atoms with van der Waals surface area (Å²) in [6, 6.07) is 4.02. The van der Waals surface area contributed by atoms with Crippen molar-refractivity contribution >= 4 is 10.8 Å². The normalized spacial score (nSPS) is 21.6. The predicted octanol–water partition coefficient (Wildman–Crippen LogP) is 3.26. The summed E-state index contributed by atoms with van der Waals surface area (Å²) in [5.41, 5.74) is 1.63. The lowest BCUT2D eigenvalue weighted by Crippen LogP contribution is -2.25. The molecular formula is C19H20O4. The molecule has 0 amide bonds. The first kappa shape index (κ1) is 14.5. The highest BCUT2D eigenvalue weighted by molar-refractivity contribution is 5.92. The largest absolute Gasteiger partial charge is 0.492 e. The van der Waals surface area contributed by atoms with Crippen LogP contribution < -0.4 is 16.0 Å². The van der Waals surface area contributed by atoms with Crippen molar-refractivity contribution in [2.75, 3.05) is 6.61 Å². The molecule has 23 heavy (non-hydrogen) atoms. The lowest BCUT2D eigenvalue weighted by molar-refractivity contribution is 0.340. The Kier molecular flexibility index (Phi) is 2.96. The first-order valence-corrected chi connectivity index (χ1v) is 8.20. The van der Waals surface area contributed by atoms with E-state index in [1.807, 2.05) is 13.0 Å². The molecule has 4 rings (SSSR count). The number of rotatable bonds is 0. The molecule has 0 saturated heterocycles. The van der Waals surface area contributed by atoms with Gasteiger partial charge in [-0.1, -0.05) is 32.9 Å². The van der Waals surface area contributed by atoms with Gasteiger partial charge in [-0.3, -0.25) is 0 Å². The van der Waals surface area contributed by atoms with Crippen LogP contribution in [0, 0.1) is 0 Å². The van der Waals surface area contributed by atoms with E-state index in [4.69, 9.17) is 9.15 Å². The molecule has 2 aromatic rings. The Morgan fingerprint density at radius 1 is 1.17 bits per heavy atom. The molecule has 0 N–H and O–H groups in total. The van der Waals surface area contributed by atoms with Gasteiger partial charge in [-0.15, -0.1) is 0 Å². The van der Waals surface area contributed by atoms with Gasteiger partial charge >= 0.3 is 11.3 Å². The molecule has 0 spiro atoms. The van der Waals surface area contributed by atoms with Crippen LogP contribution in [0.25, 0.3) is 10.8 Å². The van der Waals surface area contributed by atoms with Crippen molar-refractivity contribution in [3.8, 4) is 5.75 Å². The highest BCUT2D eigenvalue weighted by Crippen LogP contribution is 2.42. The van der Waals surface area contributed by atoms with E-state index in [1.54, 1.807) is 0 Å². The van der Waals surface area contributed by atoms with E-state index in [-0.39, 0.29) is 11.3 Å². The molecule has 2 aliphatic rings. The number of fused-ring (bicyclic) bond motifs is 5. The second kappa shape index (κ2) is 4.70. The van der Waals surface area contributed by atoms with Crippen LogP contribution in [-0.2, 0) is 11.8 Å². The molecule has 1 atom stereocenters. The molecular weight excluding hydrogens is 292 g/mol. The second-order valence-corrected chi connectivity index (χ2v) is 7.38. The molecule has 0 fully saturated rings. The van der Waals surface area contributed by atoms with E-state index >= 15 is 0 Å². The van der Waals surface area contributed by atoms with E-state index < -0.39 is 11.3 Å². The van der Waals surface area contributed by atoms with Crippen molar-refractivity contribution in [2.45, 2.75) is 51.4 Å². The van der Waals surface area contributed by atoms with E-state index in [9.17, 15) is 9.59 Å². The summed E-state index contributed by atoms with van der Waals surface area (Å²) in [6.07, 6.45) is 2.96. The predicted molar refractivity (Wildman–Crippen MR) is 88.6 cm³/mol. The van der Waals surface area contributed by atoms with Gasteiger partial charge in [0.1, 0.15) is 5.75 Å². The summed E-state index contributed by atoms with van der Waals surface area (Å²) >= 11 is 0. The minimum absolute atomic E-state index is 0.0280. The van der Waals surface area contributed by atoms with Gasteiger partial charge in [0.05, 0.1) is 17.6 Å². The third-order valence-corrected chi connectivity index (χ3v) is 5.34. The van der Waals surface area contributed by atoms with Crippen molar-refractivity contribution in [1.29, 1.82) is 0 Å². The third kappa shape index (κ3) is 1.97. The van der Waals surface area contributed by atoms with Gasteiger partial charge in [-0.2, -0.15) is 0 Å². The average Bonchev–Trinajstić information content (AvgIpc) is 2.82. The molecule has 120 valence electrons.